The molecule has 2 aromatic carbocycles. The molecule has 30 heavy (non-hydrogen) atoms. The number of nitrogens with zero attached hydrogens (tertiary/aromatic N) is 3. The number of benzene rings is 2. The van der Waals surface area contributed by atoms with Crippen molar-refractivity contribution in [2.45, 2.75) is 31.7 Å². The minimum atomic E-state index is -0.632. The summed E-state index contributed by atoms with van der Waals surface area (Å²) in [6.07, 6.45) is 3.00. The second-order valence-electron chi connectivity index (χ2n) is 7.94. The fourth-order valence-corrected chi connectivity index (χ4v) is 4.95. The number of carbonyl (C=O) groups excluding carboxylic acids is 1. The van der Waals surface area contributed by atoms with Crippen molar-refractivity contribution in [1.82, 2.24) is 14.7 Å². The third-order valence-corrected chi connectivity index (χ3v) is 6.41. The van der Waals surface area contributed by atoms with Gasteiger partial charge in [-0.05, 0) is 42.0 Å². The van der Waals surface area contributed by atoms with Crippen LogP contribution in [-0.4, -0.2) is 38.8 Å². The quantitative estimate of drug-likeness (QED) is 0.717. The van der Waals surface area contributed by atoms with E-state index in [0.717, 1.165) is 19.0 Å². The zero-order valence-corrected chi connectivity index (χ0v) is 16.8. The van der Waals surface area contributed by atoms with Gasteiger partial charge in [-0.25, -0.2) is 0 Å². The van der Waals surface area contributed by atoms with Crippen LogP contribution in [0.4, 0.5) is 0 Å². The van der Waals surface area contributed by atoms with Gasteiger partial charge in [-0.2, -0.15) is 5.10 Å². The van der Waals surface area contributed by atoms with Crippen LogP contribution in [0.1, 0.15) is 51.6 Å². The molecule has 1 N–H and O–H groups in total. The number of likely N-dealkylation sites (N-methyl/N-ethyl adjacent to an activating group) is 1. The molecule has 0 spiro atoms. The van der Waals surface area contributed by atoms with Gasteiger partial charge in [-0.3, -0.25) is 14.3 Å². The maximum atomic E-state index is 13.0. The Balaban J connectivity index is 1.78. The lowest BCUT2D eigenvalue weighted by atomic mass is 9.81. The summed E-state index contributed by atoms with van der Waals surface area (Å²) >= 11 is 0. The van der Waals surface area contributed by atoms with Crippen molar-refractivity contribution in [2.75, 3.05) is 13.1 Å². The van der Waals surface area contributed by atoms with Crippen LogP contribution in [0.3, 0.4) is 0 Å². The second kappa shape index (κ2) is 7.13. The lowest BCUT2D eigenvalue weighted by Crippen LogP contribution is -2.47. The van der Waals surface area contributed by atoms with Crippen molar-refractivity contribution in [3.63, 3.8) is 0 Å². The number of aromatic nitrogens is 2. The first kappa shape index (κ1) is 18.6. The van der Waals surface area contributed by atoms with Crippen LogP contribution in [-0.2, 0) is 12.8 Å². The number of rotatable bonds is 2. The average molecular weight is 401 g/mol. The van der Waals surface area contributed by atoms with Crippen molar-refractivity contribution in [3.05, 3.63) is 92.9 Å². The molecule has 0 fully saturated rings. The summed E-state index contributed by atoms with van der Waals surface area (Å²) in [4.78, 5) is 26.7. The average Bonchev–Trinajstić information content (AvgIpc) is 2.93. The molecule has 0 unspecified atom stereocenters. The van der Waals surface area contributed by atoms with Gasteiger partial charge in [0, 0.05) is 19.0 Å². The summed E-state index contributed by atoms with van der Waals surface area (Å²) in [5, 5.41) is 14.8. The molecule has 6 nitrogen and oxygen atoms in total. The maximum absolute atomic E-state index is 13.0. The van der Waals surface area contributed by atoms with Gasteiger partial charge < -0.3 is 10.0 Å². The Kier molecular flexibility index (Phi) is 4.42. The van der Waals surface area contributed by atoms with Gasteiger partial charge in [-0.15, -0.1) is 0 Å². The molecule has 1 aliphatic heterocycles. The molecule has 5 rings (SSSR count). The van der Waals surface area contributed by atoms with Crippen molar-refractivity contribution in [1.29, 1.82) is 0 Å². The van der Waals surface area contributed by atoms with E-state index in [2.05, 4.69) is 41.5 Å². The predicted octanol–water partition coefficient (Wildman–Crippen LogP) is 2.90. The largest absolute Gasteiger partial charge is 0.502 e. The molecule has 0 bridgehead atoms. The molecular weight excluding hydrogens is 378 g/mol. The lowest BCUT2D eigenvalue weighted by Gasteiger charge is -2.39. The Bertz CT molecular complexity index is 1150. The molecule has 6 heteroatoms. The summed E-state index contributed by atoms with van der Waals surface area (Å²) in [5.74, 6) is -0.921. The lowest BCUT2D eigenvalue weighted by molar-refractivity contribution is 0.0646. The van der Waals surface area contributed by atoms with Gasteiger partial charge >= 0.3 is 0 Å². The summed E-state index contributed by atoms with van der Waals surface area (Å²) in [7, 11) is 0. The van der Waals surface area contributed by atoms with Crippen LogP contribution < -0.4 is 5.43 Å². The number of aryl methyl sites for hydroxylation is 2. The molecule has 0 saturated carbocycles. The molecule has 3 aromatic rings. The first-order valence-electron chi connectivity index (χ1n) is 10.4. The van der Waals surface area contributed by atoms with Crippen molar-refractivity contribution in [2.24, 2.45) is 0 Å². The highest BCUT2D eigenvalue weighted by Gasteiger charge is 2.40. The number of hydrogen-bond donors (Lipinski definition) is 1. The molecule has 1 amide bonds. The standard InChI is InChI=1S/C24H23N3O3/c1-2-26-14-19(27-22(24(26)30)23(29)20(28)13-25-27)21-17-9-5-3-7-15(17)11-12-16-8-4-6-10-18(16)21/h3-10,13,19,21,29H,2,11-12,14H2,1H3/t19-/m0/s1. The van der Waals surface area contributed by atoms with E-state index in [9.17, 15) is 14.7 Å². The van der Waals surface area contributed by atoms with Crippen molar-refractivity contribution in [3.8, 4) is 5.75 Å². The smallest absolute Gasteiger partial charge is 0.276 e. The normalized spacial score (nSPS) is 18.4. The van der Waals surface area contributed by atoms with Gasteiger partial charge in [0.05, 0.1) is 12.2 Å². The van der Waals surface area contributed by atoms with Gasteiger partial charge in [-0.1, -0.05) is 48.5 Å². The van der Waals surface area contributed by atoms with Crippen LogP contribution in [0.25, 0.3) is 0 Å². The number of carbonyl (C=O) groups is 1. The van der Waals surface area contributed by atoms with Gasteiger partial charge in [0.1, 0.15) is 0 Å². The monoisotopic (exact) mass is 401 g/mol. The fraction of sp³-hybridized carbons (Fsp3) is 0.292. The molecule has 1 aliphatic carbocycles. The third-order valence-electron chi connectivity index (χ3n) is 6.41. The fourth-order valence-electron chi connectivity index (χ4n) is 4.95. The van der Waals surface area contributed by atoms with Gasteiger partial charge in [0.25, 0.3) is 5.91 Å². The second-order valence-corrected chi connectivity index (χ2v) is 7.94. The summed E-state index contributed by atoms with van der Waals surface area (Å²) < 4.78 is 1.58. The SMILES string of the molecule is CCN1C[C@@H](C2c3ccccc3CCc3ccccc32)n2ncc(=O)c(O)c2C1=O. The molecule has 1 atom stereocenters. The maximum Gasteiger partial charge on any atom is 0.276 e. The van der Waals surface area contributed by atoms with Crippen LogP contribution in [0.2, 0.25) is 0 Å². The van der Waals surface area contributed by atoms with E-state index in [4.69, 9.17) is 0 Å². The van der Waals surface area contributed by atoms with E-state index in [1.165, 1.54) is 22.3 Å². The summed E-state index contributed by atoms with van der Waals surface area (Å²) in [6, 6.07) is 16.6. The van der Waals surface area contributed by atoms with E-state index < -0.39 is 11.2 Å². The van der Waals surface area contributed by atoms with E-state index >= 15 is 0 Å². The molecule has 0 saturated heterocycles. The van der Waals surface area contributed by atoms with Crippen molar-refractivity contribution >= 4 is 5.91 Å². The minimum absolute atomic E-state index is 0.0141. The zero-order chi connectivity index (χ0) is 20.8. The van der Waals surface area contributed by atoms with E-state index in [-0.39, 0.29) is 23.6 Å². The predicted molar refractivity (Wildman–Crippen MR) is 113 cm³/mol. The first-order valence-corrected chi connectivity index (χ1v) is 10.4. The van der Waals surface area contributed by atoms with Crippen molar-refractivity contribution < 1.29 is 9.90 Å². The number of amides is 1. The molecule has 1 aromatic heterocycles. The summed E-state index contributed by atoms with van der Waals surface area (Å²) in [6.45, 7) is 2.87. The topological polar surface area (TPSA) is 75.4 Å². The Morgan fingerprint density at radius 1 is 1.00 bits per heavy atom. The number of aromatic hydroxyl groups is 1. The Morgan fingerprint density at radius 2 is 1.60 bits per heavy atom. The molecule has 2 aliphatic rings. The molecule has 0 radical (unpaired) electrons. The summed E-state index contributed by atoms with van der Waals surface area (Å²) in [5.41, 5.74) is 4.34. The van der Waals surface area contributed by atoms with Crippen LogP contribution in [0.5, 0.6) is 5.75 Å². The van der Waals surface area contributed by atoms with Crippen LogP contribution >= 0.6 is 0 Å². The zero-order valence-electron chi connectivity index (χ0n) is 16.8. The van der Waals surface area contributed by atoms with E-state index in [1.807, 2.05) is 19.1 Å². The minimum Gasteiger partial charge on any atom is -0.502 e. The molecule has 152 valence electrons. The Hall–Kier alpha value is -3.41. The van der Waals surface area contributed by atoms with E-state index in [0.29, 0.717) is 13.1 Å². The Labute approximate surface area is 174 Å². The highest BCUT2D eigenvalue weighted by molar-refractivity contribution is 5.95. The van der Waals surface area contributed by atoms with Crippen LogP contribution in [0, 0.1) is 0 Å². The highest BCUT2D eigenvalue weighted by Crippen LogP contribution is 2.43. The molecular formula is C24H23N3O3. The number of hydrogen-bond acceptors (Lipinski definition) is 4. The van der Waals surface area contributed by atoms with Gasteiger partial charge in [0.2, 0.25) is 5.43 Å². The van der Waals surface area contributed by atoms with Gasteiger partial charge in [0.15, 0.2) is 11.4 Å². The van der Waals surface area contributed by atoms with E-state index in [1.54, 1.807) is 9.58 Å². The Morgan fingerprint density at radius 3 is 2.20 bits per heavy atom. The first-order chi connectivity index (χ1) is 14.6. The third kappa shape index (κ3) is 2.75. The van der Waals surface area contributed by atoms with Crippen LogP contribution in [0.15, 0.2) is 59.5 Å². The number of fused-ring (bicyclic) bond motifs is 3. The molecule has 2 heterocycles. The highest BCUT2D eigenvalue weighted by atomic mass is 16.3.